The summed E-state index contributed by atoms with van der Waals surface area (Å²) >= 11 is 0. The summed E-state index contributed by atoms with van der Waals surface area (Å²) in [5, 5.41) is 8.43. The first-order valence-electron chi connectivity index (χ1n) is 5.85. The van der Waals surface area contributed by atoms with Gasteiger partial charge in [0.15, 0.2) is 0 Å². The molecule has 1 aliphatic heterocycles. The number of hydrogen-bond acceptors (Lipinski definition) is 4. The van der Waals surface area contributed by atoms with Gasteiger partial charge in [0.05, 0.1) is 23.8 Å². The molecule has 0 bridgehead atoms. The van der Waals surface area contributed by atoms with E-state index in [0.29, 0.717) is 0 Å². The molecule has 0 aliphatic carbocycles. The highest BCUT2D eigenvalue weighted by molar-refractivity contribution is 6.01. The summed E-state index contributed by atoms with van der Waals surface area (Å²) in [4.78, 5) is 9.44. The topological polar surface area (TPSA) is 52.3 Å². The lowest BCUT2D eigenvalue weighted by molar-refractivity contribution is 0.0123. The Kier molecular flexibility index (Phi) is 2.40. The van der Waals surface area contributed by atoms with Gasteiger partial charge in [0.2, 0.25) is 0 Å². The van der Waals surface area contributed by atoms with Gasteiger partial charge in [-0.25, -0.2) is 4.68 Å². The Morgan fingerprint density at radius 2 is 2.22 bits per heavy atom. The summed E-state index contributed by atoms with van der Waals surface area (Å²) in [6, 6.07) is 3.84. The number of hydrogen-bond donors (Lipinski definition) is 0. The maximum Gasteiger partial charge on any atom is 0.137 e. The van der Waals surface area contributed by atoms with Crippen molar-refractivity contribution < 1.29 is 4.84 Å². The number of rotatable bonds is 2. The van der Waals surface area contributed by atoms with E-state index in [1.165, 1.54) is 0 Å². The van der Waals surface area contributed by atoms with Crippen LogP contribution in [-0.2, 0) is 4.84 Å². The van der Waals surface area contributed by atoms with E-state index in [0.717, 1.165) is 23.4 Å². The van der Waals surface area contributed by atoms with Gasteiger partial charge >= 0.3 is 0 Å². The molecule has 5 heteroatoms. The summed E-state index contributed by atoms with van der Waals surface area (Å²) in [5.74, 6) is 0. The SMILES string of the molecule is CC1(C)CC(c2cnn(-c3cccnc3)c2)=NO1. The fourth-order valence-electron chi connectivity index (χ4n) is 1.90. The second kappa shape index (κ2) is 3.94. The molecule has 3 rings (SSSR count). The molecule has 1 aliphatic rings. The van der Waals surface area contributed by atoms with E-state index in [4.69, 9.17) is 4.84 Å². The predicted octanol–water partition coefficient (Wildman–Crippen LogP) is 2.17. The Morgan fingerprint density at radius 3 is 2.89 bits per heavy atom. The number of oxime groups is 1. The summed E-state index contributed by atoms with van der Waals surface area (Å²) in [6.45, 7) is 4.05. The Morgan fingerprint density at radius 1 is 1.33 bits per heavy atom. The summed E-state index contributed by atoms with van der Waals surface area (Å²) < 4.78 is 1.79. The molecule has 0 unspecified atom stereocenters. The van der Waals surface area contributed by atoms with Crippen molar-refractivity contribution in [2.75, 3.05) is 0 Å². The van der Waals surface area contributed by atoms with Crippen LogP contribution in [-0.4, -0.2) is 26.1 Å². The Labute approximate surface area is 105 Å². The maximum atomic E-state index is 5.36. The van der Waals surface area contributed by atoms with Crippen molar-refractivity contribution in [2.24, 2.45) is 5.16 Å². The van der Waals surface area contributed by atoms with Crippen molar-refractivity contribution in [3.63, 3.8) is 0 Å². The lowest BCUT2D eigenvalue weighted by Gasteiger charge is -2.12. The van der Waals surface area contributed by atoms with Crippen molar-refractivity contribution in [1.82, 2.24) is 14.8 Å². The Balaban J connectivity index is 1.87. The van der Waals surface area contributed by atoms with E-state index < -0.39 is 0 Å². The van der Waals surface area contributed by atoms with Crippen LogP contribution in [0.3, 0.4) is 0 Å². The minimum Gasteiger partial charge on any atom is -0.389 e. The predicted molar refractivity (Wildman–Crippen MR) is 67.7 cm³/mol. The monoisotopic (exact) mass is 242 g/mol. The van der Waals surface area contributed by atoms with Gasteiger partial charge < -0.3 is 4.84 Å². The Hall–Kier alpha value is -2.17. The molecule has 92 valence electrons. The molecule has 0 aromatic carbocycles. The zero-order valence-corrected chi connectivity index (χ0v) is 10.4. The third-order valence-electron chi connectivity index (χ3n) is 2.82. The van der Waals surface area contributed by atoms with Crippen LogP contribution in [0.4, 0.5) is 0 Å². The average Bonchev–Trinajstić information content (AvgIpc) is 2.96. The quantitative estimate of drug-likeness (QED) is 0.811. The standard InChI is InChI=1S/C13H14N4O/c1-13(2)6-12(16-18-13)10-7-15-17(9-10)11-4-3-5-14-8-11/h3-5,7-9H,6H2,1-2H3. The van der Waals surface area contributed by atoms with Crippen LogP contribution in [0.5, 0.6) is 0 Å². The third kappa shape index (κ3) is 1.99. The van der Waals surface area contributed by atoms with Crippen LogP contribution in [0.25, 0.3) is 5.69 Å². The zero-order chi connectivity index (χ0) is 12.6. The van der Waals surface area contributed by atoms with E-state index in [1.807, 2.05) is 32.2 Å². The fraction of sp³-hybridized carbons (Fsp3) is 0.308. The van der Waals surface area contributed by atoms with Crippen molar-refractivity contribution in [2.45, 2.75) is 25.9 Å². The van der Waals surface area contributed by atoms with Crippen LogP contribution in [0.1, 0.15) is 25.8 Å². The molecule has 0 saturated heterocycles. The molecule has 2 aromatic heterocycles. The maximum absolute atomic E-state index is 5.36. The van der Waals surface area contributed by atoms with Gasteiger partial charge in [0.1, 0.15) is 5.60 Å². The molecule has 0 amide bonds. The lowest BCUT2D eigenvalue weighted by atomic mass is 10.00. The van der Waals surface area contributed by atoms with Crippen molar-refractivity contribution in [3.05, 3.63) is 42.5 Å². The summed E-state index contributed by atoms with van der Waals surface area (Å²) in [5.41, 5.74) is 2.65. The fourth-order valence-corrected chi connectivity index (χ4v) is 1.90. The van der Waals surface area contributed by atoms with Crippen LogP contribution in [0.2, 0.25) is 0 Å². The van der Waals surface area contributed by atoms with Gasteiger partial charge in [-0.1, -0.05) is 5.16 Å². The van der Waals surface area contributed by atoms with Crippen LogP contribution < -0.4 is 0 Å². The van der Waals surface area contributed by atoms with Gasteiger partial charge in [0.25, 0.3) is 0 Å². The summed E-state index contributed by atoms with van der Waals surface area (Å²) in [7, 11) is 0. The first-order chi connectivity index (χ1) is 8.64. The van der Waals surface area contributed by atoms with E-state index >= 15 is 0 Å². The first-order valence-corrected chi connectivity index (χ1v) is 5.85. The largest absolute Gasteiger partial charge is 0.389 e. The number of nitrogens with zero attached hydrogens (tertiary/aromatic N) is 4. The lowest BCUT2D eigenvalue weighted by Crippen LogP contribution is -2.18. The van der Waals surface area contributed by atoms with Crippen molar-refractivity contribution >= 4 is 5.71 Å². The highest BCUT2D eigenvalue weighted by Gasteiger charge is 2.30. The van der Waals surface area contributed by atoms with Gasteiger partial charge in [-0.15, -0.1) is 0 Å². The number of aromatic nitrogens is 3. The highest BCUT2D eigenvalue weighted by Crippen LogP contribution is 2.25. The molecule has 0 fully saturated rings. The van der Waals surface area contributed by atoms with Gasteiger partial charge in [-0.05, 0) is 26.0 Å². The zero-order valence-electron chi connectivity index (χ0n) is 10.4. The third-order valence-corrected chi connectivity index (χ3v) is 2.82. The molecular formula is C13H14N4O. The van der Waals surface area contributed by atoms with Gasteiger partial charge in [0, 0.05) is 24.4 Å². The normalized spacial score (nSPS) is 17.3. The molecule has 0 radical (unpaired) electrons. The van der Waals surface area contributed by atoms with Crippen molar-refractivity contribution in [3.8, 4) is 5.69 Å². The van der Waals surface area contributed by atoms with Gasteiger partial charge in [-0.3, -0.25) is 4.98 Å². The molecule has 0 atom stereocenters. The van der Waals surface area contributed by atoms with Crippen molar-refractivity contribution in [1.29, 1.82) is 0 Å². The van der Waals surface area contributed by atoms with Crippen LogP contribution in [0.15, 0.2) is 42.1 Å². The van der Waals surface area contributed by atoms with Crippen LogP contribution in [0, 0.1) is 0 Å². The summed E-state index contributed by atoms with van der Waals surface area (Å²) in [6.07, 6.45) is 8.06. The molecule has 0 spiro atoms. The molecule has 5 nitrogen and oxygen atoms in total. The minimum atomic E-state index is -0.217. The Bertz CT molecular complexity index is 586. The average molecular weight is 242 g/mol. The smallest absolute Gasteiger partial charge is 0.137 e. The van der Waals surface area contributed by atoms with Crippen LogP contribution >= 0.6 is 0 Å². The molecule has 0 saturated carbocycles. The second-order valence-corrected chi connectivity index (χ2v) is 4.95. The second-order valence-electron chi connectivity index (χ2n) is 4.95. The molecule has 2 aromatic rings. The highest BCUT2D eigenvalue weighted by atomic mass is 16.7. The van der Waals surface area contributed by atoms with E-state index in [2.05, 4.69) is 15.2 Å². The first kappa shape index (κ1) is 11.0. The molecule has 0 N–H and O–H groups in total. The molecule has 3 heterocycles. The molecule has 18 heavy (non-hydrogen) atoms. The van der Waals surface area contributed by atoms with E-state index in [-0.39, 0.29) is 5.60 Å². The molecular weight excluding hydrogens is 228 g/mol. The van der Waals surface area contributed by atoms with Gasteiger partial charge in [-0.2, -0.15) is 5.10 Å². The van der Waals surface area contributed by atoms with E-state index in [9.17, 15) is 0 Å². The minimum absolute atomic E-state index is 0.217. The number of pyridine rings is 1. The van der Waals surface area contributed by atoms with E-state index in [1.54, 1.807) is 23.3 Å².